The first-order chi connectivity index (χ1) is 12.2. The normalized spacial score (nSPS) is 11.9. The van der Waals surface area contributed by atoms with Crippen molar-refractivity contribution in [1.29, 1.82) is 0 Å². The summed E-state index contributed by atoms with van der Waals surface area (Å²) in [6, 6.07) is 18.0. The van der Waals surface area contributed by atoms with Crippen LogP contribution in [0.15, 0.2) is 60.9 Å². The first-order valence-electron chi connectivity index (χ1n) is 8.36. The van der Waals surface area contributed by atoms with Crippen molar-refractivity contribution in [3.05, 3.63) is 72.1 Å². The highest BCUT2D eigenvalue weighted by molar-refractivity contribution is 5.78. The fraction of sp³-hybridized carbons (Fsp3) is 0.263. The zero-order valence-corrected chi connectivity index (χ0v) is 14.2. The highest BCUT2D eigenvalue weighted by Crippen LogP contribution is 2.17. The van der Waals surface area contributed by atoms with E-state index in [4.69, 9.17) is 0 Å². The molecular weight excluding hydrogens is 314 g/mol. The molecule has 0 spiro atoms. The fourth-order valence-electron chi connectivity index (χ4n) is 2.67. The topological polar surface area (TPSA) is 72.7 Å². The molecule has 0 fully saturated rings. The Morgan fingerprint density at radius 1 is 1.12 bits per heavy atom. The van der Waals surface area contributed by atoms with Crippen LogP contribution in [0.2, 0.25) is 0 Å². The lowest BCUT2D eigenvalue weighted by Gasteiger charge is -2.12. The van der Waals surface area contributed by atoms with E-state index in [1.54, 1.807) is 4.68 Å². The minimum absolute atomic E-state index is 0.0374. The lowest BCUT2D eigenvalue weighted by atomic mass is 9.98. The number of tetrazole rings is 1. The van der Waals surface area contributed by atoms with Crippen LogP contribution in [0.3, 0.4) is 0 Å². The third kappa shape index (κ3) is 4.73. The van der Waals surface area contributed by atoms with Gasteiger partial charge in [0.2, 0.25) is 5.91 Å². The maximum Gasteiger partial charge on any atom is 0.224 e. The number of hydrogen-bond donors (Lipinski definition) is 1. The Hall–Kier alpha value is -3.02. The van der Waals surface area contributed by atoms with Crippen LogP contribution in [-0.4, -0.2) is 32.7 Å². The van der Waals surface area contributed by atoms with E-state index in [2.05, 4.69) is 39.9 Å². The van der Waals surface area contributed by atoms with Crippen molar-refractivity contribution in [1.82, 2.24) is 25.5 Å². The Labute approximate surface area is 146 Å². The zero-order valence-electron chi connectivity index (χ0n) is 14.2. The summed E-state index contributed by atoms with van der Waals surface area (Å²) in [6.45, 7) is 2.86. The minimum Gasteiger partial charge on any atom is -0.356 e. The van der Waals surface area contributed by atoms with Crippen LogP contribution in [0.4, 0.5) is 0 Å². The van der Waals surface area contributed by atoms with Gasteiger partial charge in [-0.2, -0.15) is 0 Å². The van der Waals surface area contributed by atoms with Crippen molar-refractivity contribution in [2.24, 2.45) is 0 Å². The molecular formula is C19H21N5O. The summed E-state index contributed by atoms with van der Waals surface area (Å²) >= 11 is 0. The first kappa shape index (κ1) is 16.8. The number of amides is 1. The number of nitrogens with zero attached hydrogens (tertiary/aromatic N) is 4. The molecule has 0 saturated heterocycles. The van der Waals surface area contributed by atoms with E-state index in [0.29, 0.717) is 18.9 Å². The molecule has 0 saturated carbocycles. The van der Waals surface area contributed by atoms with Gasteiger partial charge in [-0.05, 0) is 46.0 Å². The Morgan fingerprint density at radius 3 is 2.56 bits per heavy atom. The van der Waals surface area contributed by atoms with Gasteiger partial charge in [0.05, 0.1) is 12.1 Å². The van der Waals surface area contributed by atoms with Crippen molar-refractivity contribution in [2.45, 2.75) is 25.7 Å². The second kappa shape index (κ2) is 8.19. The molecule has 1 N–H and O–H groups in total. The molecule has 128 valence electrons. The van der Waals surface area contributed by atoms with E-state index in [9.17, 15) is 4.79 Å². The van der Waals surface area contributed by atoms with Crippen LogP contribution in [0.5, 0.6) is 0 Å². The van der Waals surface area contributed by atoms with Crippen LogP contribution in [0.25, 0.3) is 5.69 Å². The van der Waals surface area contributed by atoms with E-state index in [1.807, 2.05) is 42.5 Å². The lowest BCUT2D eigenvalue weighted by molar-refractivity contribution is -0.120. The minimum atomic E-state index is 0.0374. The molecule has 25 heavy (non-hydrogen) atoms. The Bertz CT molecular complexity index is 784. The van der Waals surface area contributed by atoms with Crippen molar-refractivity contribution in [3.63, 3.8) is 0 Å². The number of carbonyl (C=O) groups is 1. The SMILES string of the molecule is C[C@@H](CCNC(=O)Cc1ccc(-n2cnnn2)cc1)c1ccccc1. The van der Waals surface area contributed by atoms with Crippen LogP contribution in [0.1, 0.15) is 30.4 Å². The van der Waals surface area contributed by atoms with E-state index < -0.39 is 0 Å². The molecule has 1 atom stereocenters. The third-order valence-corrected chi connectivity index (χ3v) is 4.18. The summed E-state index contributed by atoms with van der Waals surface area (Å²) in [5.74, 6) is 0.465. The van der Waals surface area contributed by atoms with Gasteiger partial charge in [0.1, 0.15) is 6.33 Å². The average Bonchev–Trinajstić information content (AvgIpc) is 3.18. The molecule has 3 aromatic rings. The molecule has 2 aromatic carbocycles. The van der Waals surface area contributed by atoms with Crippen LogP contribution < -0.4 is 5.32 Å². The maximum absolute atomic E-state index is 12.1. The molecule has 0 bridgehead atoms. The van der Waals surface area contributed by atoms with Crippen LogP contribution >= 0.6 is 0 Å². The van der Waals surface area contributed by atoms with Gasteiger partial charge in [-0.3, -0.25) is 4.79 Å². The standard InChI is InChI=1S/C19H21N5O/c1-15(17-5-3-2-4-6-17)11-12-20-19(25)13-16-7-9-18(10-8-16)24-14-21-22-23-24/h2-10,14-15H,11-13H2,1H3,(H,20,25)/t15-/m0/s1. The predicted molar refractivity (Wildman–Crippen MR) is 95.3 cm³/mol. The summed E-state index contributed by atoms with van der Waals surface area (Å²) in [6.07, 6.45) is 2.83. The smallest absolute Gasteiger partial charge is 0.224 e. The number of carbonyl (C=O) groups excluding carboxylic acids is 1. The highest BCUT2D eigenvalue weighted by atomic mass is 16.1. The summed E-state index contributed by atoms with van der Waals surface area (Å²) < 4.78 is 1.58. The number of benzene rings is 2. The van der Waals surface area contributed by atoms with Crippen molar-refractivity contribution >= 4 is 5.91 Å². The molecule has 0 unspecified atom stereocenters. The molecule has 6 heteroatoms. The highest BCUT2D eigenvalue weighted by Gasteiger charge is 2.07. The number of nitrogens with one attached hydrogen (secondary N) is 1. The van der Waals surface area contributed by atoms with Gasteiger partial charge < -0.3 is 5.32 Å². The number of hydrogen-bond acceptors (Lipinski definition) is 4. The summed E-state index contributed by atoms with van der Waals surface area (Å²) in [5, 5.41) is 14.0. The van der Waals surface area contributed by atoms with E-state index in [-0.39, 0.29) is 5.91 Å². The molecule has 0 aliphatic rings. The lowest BCUT2D eigenvalue weighted by Crippen LogP contribution is -2.26. The van der Waals surface area contributed by atoms with Gasteiger partial charge in [0.15, 0.2) is 0 Å². The molecule has 3 rings (SSSR count). The zero-order chi connectivity index (χ0) is 17.5. The molecule has 1 amide bonds. The monoisotopic (exact) mass is 335 g/mol. The molecule has 0 aliphatic heterocycles. The van der Waals surface area contributed by atoms with Crippen LogP contribution in [0, 0.1) is 0 Å². The van der Waals surface area contributed by atoms with Gasteiger partial charge in [0, 0.05) is 6.54 Å². The number of rotatable bonds is 7. The van der Waals surface area contributed by atoms with Crippen molar-refractivity contribution in [3.8, 4) is 5.69 Å². The second-order valence-electron chi connectivity index (χ2n) is 6.05. The molecule has 1 aromatic heterocycles. The largest absolute Gasteiger partial charge is 0.356 e. The van der Waals surface area contributed by atoms with Gasteiger partial charge in [0.25, 0.3) is 0 Å². The van der Waals surface area contributed by atoms with Gasteiger partial charge in [-0.1, -0.05) is 49.4 Å². The summed E-state index contributed by atoms with van der Waals surface area (Å²) in [5.41, 5.74) is 3.13. The van der Waals surface area contributed by atoms with Gasteiger partial charge >= 0.3 is 0 Å². The van der Waals surface area contributed by atoms with E-state index >= 15 is 0 Å². The maximum atomic E-state index is 12.1. The quantitative estimate of drug-likeness (QED) is 0.720. The Morgan fingerprint density at radius 2 is 1.88 bits per heavy atom. The van der Waals surface area contributed by atoms with E-state index in [0.717, 1.165) is 17.7 Å². The van der Waals surface area contributed by atoms with Gasteiger partial charge in [-0.25, -0.2) is 4.68 Å². The Balaban J connectivity index is 1.45. The van der Waals surface area contributed by atoms with Gasteiger partial charge in [-0.15, -0.1) is 5.10 Å². The van der Waals surface area contributed by atoms with Crippen molar-refractivity contribution in [2.75, 3.05) is 6.54 Å². The average molecular weight is 335 g/mol. The third-order valence-electron chi connectivity index (χ3n) is 4.18. The molecule has 0 aliphatic carbocycles. The van der Waals surface area contributed by atoms with E-state index in [1.165, 1.54) is 11.9 Å². The first-order valence-corrected chi connectivity index (χ1v) is 8.36. The number of aromatic nitrogens is 4. The second-order valence-corrected chi connectivity index (χ2v) is 6.05. The Kier molecular flexibility index (Phi) is 5.51. The van der Waals surface area contributed by atoms with Crippen LogP contribution in [-0.2, 0) is 11.2 Å². The molecule has 6 nitrogen and oxygen atoms in total. The van der Waals surface area contributed by atoms with Crippen molar-refractivity contribution < 1.29 is 4.79 Å². The molecule has 1 heterocycles. The molecule has 0 radical (unpaired) electrons. The summed E-state index contributed by atoms with van der Waals surface area (Å²) in [4.78, 5) is 12.1. The fourth-order valence-corrected chi connectivity index (χ4v) is 2.67. The predicted octanol–water partition coefficient (Wildman–Crippen LogP) is 2.51. The summed E-state index contributed by atoms with van der Waals surface area (Å²) in [7, 11) is 0.